The smallest absolute Gasteiger partial charge is 0.382 e. The molecule has 1 heterocycles. The number of nitrogens with zero attached hydrogens (tertiary/aromatic N) is 1. The number of carbonyl (C=O) groups excluding carboxylic acids is 3. The molecule has 0 N–H and O–H groups in total. The average molecular weight is 524 g/mol. The number of rotatable bonds is 20. The molecule has 1 rings (SSSR count). The van der Waals surface area contributed by atoms with Crippen LogP contribution in [0.4, 0.5) is 0 Å². The lowest BCUT2D eigenvalue weighted by atomic mass is 10.1. The Kier molecular flexibility index (Phi) is 15.5. The van der Waals surface area contributed by atoms with E-state index < -0.39 is 31.2 Å². The first kappa shape index (κ1) is 31.7. The minimum Gasteiger partial charge on any atom is -0.382 e. The van der Waals surface area contributed by atoms with Crippen LogP contribution < -0.4 is 0 Å². The number of hydrogen-bond donors (Lipinski definition) is 0. The highest BCUT2D eigenvalue weighted by molar-refractivity contribution is 7.48. The Bertz CT molecular complexity index is 678. The van der Waals surface area contributed by atoms with Gasteiger partial charge in [0, 0.05) is 26.4 Å². The maximum Gasteiger partial charge on any atom is 0.475 e. The van der Waals surface area contributed by atoms with Crippen LogP contribution in [-0.2, 0) is 46.8 Å². The molecule has 1 unspecified atom stereocenters. The summed E-state index contributed by atoms with van der Waals surface area (Å²) in [6, 6.07) is 0. The van der Waals surface area contributed by atoms with Crippen molar-refractivity contribution in [2.75, 3.05) is 40.1 Å². The molecule has 35 heavy (non-hydrogen) atoms. The minimum absolute atomic E-state index is 0.0925. The van der Waals surface area contributed by atoms with E-state index in [1.807, 2.05) is 0 Å². The lowest BCUT2D eigenvalue weighted by Crippen LogP contribution is -2.31. The molecule has 1 fully saturated rings. The fourth-order valence-electron chi connectivity index (χ4n) is 3.11. The highest BCUT2D eigenvalue weighted by Crippen LogP contribution is 2.52. The molecule has 0 aliphatic carbocycles. The summed E-state index contributed by atoms with van der Waals surface area (Å²) in [4.78, 5) is 39.5. The van der Waals surface area contributed by atoms with Crippen molar-refractivity contribution in [2.45, 2.75) is 90.6 Å². The zero-order chi connectivity index (χ0) is 26.2. The van der Waals surface area contributed by atoms with Crippen molar-refractivity contribution in [1.29, 1.82) is 0 Å². The molecule has 1 atom stereocenters. The molecular weight excluding hydrogens is 481 g/mol. The number of carbonyl (C=O) groups is 3. The van der Waals surface area contributed by atoms with Gasteiger partial charge in [0.2, 0.25) is 0 Å². The first-order valence-electron chi connectivity index (χ1n) is 12.3. The number of amides is 2. The van der Waals surface area contributed by atoms with Gasteiger partial charge in [0.15, 0.2) is 0 Å². The van der Waals surface area contributed by atoms with Crippen molar-refractivity contribution in [2.24, 2.45) is 0 Å². The normalized spacial score (nSPS) is 16.1. The largest absolute Gasteiger partial charge is 0.475 e. The first-order chi connectivity index (χ1) is 16.6. The van der Waals surface area contributed by atoms with Crippen molar-refractivity contribution in [3.63, 3.8) is 0 Å². The van der Waals surface area contributed by atoms with Crippen LogP contribution in [0.1, 0.15) is 85.0 Å². The summed E-state index contributed by atoms with van der Waals surface area (Å²) in [7, 11) is -2.11. The van der Waals surface area contributed by atoms with Crippen LogP contribution in [0, 0.1) is 0 Å². The number of imide groups is 1. The van der Waals surface area contributed by atoms with Crippen molar-refractivity contribution >= 4 is 25.6 Å². The van der Waals surface area contributed by atoms with Crippen LogP contribution in [-0.4, -0.2) is 68.6 Å². The maximum absolute atomic E-state index is 12.9. The lowest BCUT2D eigenvalue weighted by molar-refractivity contribution is -0.197. The molecule has 0 aromatic carbocycles. The lowest BCUT2D eigenvalue weighted by Gasteiger charge is -2.26. The van der Waals surface area contributed by atoms with Crippen LogP contribution in [0.15, 0.2) is 0 Å². The van der Waals surface area contributed by atoms with E-state index in [1.54, 1.807) is 27.9 Å². The summed E-state index contributed by atoms with van der Waals surface area (Å²) >= 11 is 0. The number of unbranched alkanes of at least 4 members (excludes halogenated alkanes) is 6. The van der Waals surface area contributed by atoms with Gasteiger partial charge in [0.25, 0.3) is 11.8 Å². The van der Waals surface area contributed by atoms with Gasteiger partial charge in [0.05, 0.1) is 38.6 Å². The zero-order valence-corrected chi connectivity index (χ0v) is 22.5. The molecule has 0 aromatic rings. The Balaban J connectivity index is 2.11. The molecule has 1 aliphatic heterocycles. The fourth-order valence-corrected chi connectivity index (χ4v) is 4.62. The van der Waals surface area contributed by atoms with E-state index in [0.29, 0.717) is 24.7 Å². The molecule has 0 saturated carbocycles. The predicted octanol–water partition coefficient (Wildman–Crippen LogP) is 4.33. The topological polar surface area (TPSA) is 127 Å². The molecule has 1 aliphatic rings. The Morgan fingerprint density at radius 3 is 1.97 bits per heavy atom. The molecular formula is C23H42NO10P. The molecule has 12 heteroatoms. The number of ether oxygens (including phenoxy) is 2. The number of phosphoric ester groups is 1. The number of methoxy groups -OCH3 is 1. The quantitative estimate of drug-likeness (QED) is 0.129. The number of hydroxylamine groups is 2. The Morgan fingerprint density at radius 2 is 1.37 bits per heavy atom. The predicted molar refractivity (Wildman–Crippen MR) is 127 cm³/mol. The monoisotopic (exact) mass is 523 g/mol. The van der Waals surface area contributed by atoms with Crippen LogP contribution in [0.5, 0.6) is 0 Å². The van der Waals surface area contributed by atoms with E-state index in [1.165, 1.54) is 0 Å². The average Bonchev–Trinajstić information content (AvgIpc) is 3.08. The third-order valence-electron chi connectivity index (χ3n) is 4.77. The van der Waals surface area contributed by atoms with Gasteiger partial charge < -0.3 is 14.3 Å². The molecule has 0 spiro atoms. The molecule has 11 nitrogen and oxygen atoms in total. The first-order valence-corrected chi connectivity index (χ1v) is 13.8. The maximum atomic E-state index is 12.9. The summed E-state index contributed by atoms with van der Waals surface area (Å²) in [5.41, 5.74) is -0.682. The van der Waals surface area contributed by atoms with Crippen molar-refractivity contribution in [3.05, 3.63) is 0 Å². The Morgan fingerprint density at radius 1 is 0.829 bits per heavy atom. The van der Waals surface area contributed by atoms with Crippen LogP contribution in [0.25, 0.3) is 0 Å². The third-order valence-corrected chi connectivity index (χ3v) is 6.54. The fraction of sp³-hybridized carbons (Fsp3) is 0.870. The van der Waals surface area contributed by atoms with Gasteiger partial charge >= 0.3 is 13.8 Å². The summed E-state index contributed by atoms with van der Waals surface area (Å²) in [5.74, 6) is -1.49. The molecule has 0 radical (unpaired) electrons. The van der Waals surface area contributed by atoms with Crippen molar-refractivity contribution < 1.29 is 46.8 Å². The van der Waals surface area contributed by atoms with Crippen LogP contribution in [0.2, 0.25) is 0 Å². The Hall–Kier alpha value is -1.36. The van der Waals surface area contributed by atoms with Gasteiger partial charge in [-0.05, 0) is 33.6 Å². The molecule has 0 aromatic heterocycles. The third kappa shape index (κ3) is 15.4. The number of phosphoric acid groups is 1. The van der Waals surface area contributed by atoms with E-state index >= 15 is 0 Å². The second kappa shape index (κ2) is 17.2. The zero-order valence-electron chi connectivity index (χ0n) is 21.6. The summed E-state index contributed by atoms with van der Waals surface area (Å²) in [5, 5.41) is 0.581. The van der Waals surface area contributed by atoms with Gasteiger partial charge in [-0.3, -0.25) is 23.2 Å². The van der Waals surface area contributed by atoms with Gasteiger partial charge in [-0.2, -0.15) is 0 Å². The standard InChI is InChI=1S/C23H42NO10P/c1-23(2,3)34-35(28,32-19-18-30-17-16-29-4)31-15-11-9-7-5-6-8-10-12-22(27)33-24-20(25)13-14-21(24)26/h5-19H2,1-4H3. The second-order valence-corrected chi connectivity index (χ2v) is 10.8. The van der Waals surface area contributed by atoms with Gasteiger partial charge in [0.1, 0.15) is 0 Å². The van der Waals surface area contributed by atoms with Gasteiger partial charge in [-0.15, -0.1) is 5.06 Å². The van der Waals surface area contributed by atoms with Gasteiger partial charge in [-0.1, -0.05) is 32.1 Å². The summed E-state index contributed by atoms with van der Waals surface area (Å²) in [6.45, 7) is 6.87. The number of hydrogen-bond acceptors (Lipinski definition) is 10. The van der Waals surface area contributed by atoms with E-state index in [9.17, 15) is 18.9 Å². The minimum atomic E-state index is -3.70. The van der Waals surface area contributed by atoms with E-state index in [-0.39, 0.29) is 39.1 Å². The van der Waals surface area contributed by atoms with Gasteiger partial charge in [-0.25, -0.2) is 9.36 Å². The molecule has 1 saturated heterocycles. The summed E-state index contributed by atoms with van der Waals surface area (Å²) in [6.07, 6.45) is 6.38. The SMILES string of the molecule is COCCOCCOP(=O)(OCCCCCCCCCC(=O)ON1C(=O)CCC1=O)OC(C)(C)C. The van der Waals surface area contributed by atoms with E-state index in [4.69, 9.17) is 27.9 Å². The molecule has 204 valence electrons. The van der Waals surface area contributed by atoms with Crippen LogP contribution >= 0.6 is 7.82 Å². The van der Waals surface area contributed by atoms with E-state index in [0.717, 1.165) is 38.5 Å². The Labute approximate surface area is 208 Å². The second-order valence-electron chi connectivity index (χ2n) is 9.19. The van der Waals surface area contributed by atoms with Crippen LogP contribution in [0.3, 0.4) is 0 Å². The molecule has 0 bridgehead atoms. The van der Waals surface area contributed by atoms with E-state index in [2.05, 4.69) is 0 Å². The summed E-state index contributed by atoms with van der Waals surface area (Å²) < 4.78 is 39.6. The van der Waals surface area contributed by atoms with Crippen molar-refractivity contribution in [3.8, 4) is 0 Å². The highest BCUT2D eigenvalue weighted by atomic mass is 31.2. The van der Waals surface area contributed by atoms with Crippen molar-refractivity contribution in [1.82, 2.24) is 5.06 Å². The highest BCUT2D eigenvalue weighted by Gasteiger charge is 2.33. The molecule has 2 amide bonds.